The highest BCUT2D eigenvalue weighted by Crippen LogP contribution is 2.32. The van der Waals surface area contributed by atoms with Gasteiger partial charge in [-0.15, -0.1) is 0 Å². The molecule has 5 heteroatoms. The molecule has 4 heterocycles. The number of hydrogen-bond donors (Lipinski definition) is 0. The van der Waals surface area contributed by atoms with Crippen LogP contribution in [0.15, 0.2) is 47.5 Å². The molecular formula is C19H22N4O. The zero-order valence-corrected chi connectivity index (χ0v) is 14.1. The highest BCUT2D eigenvalue weighted by atomic mass is 16.1. The molecule has 124 valence electrons. The molecule has 0 saturated carbocycles. The van der Waals surface area contributed by atoms with E-state index in [1.165, 1.54) is 12.1 Å². The van der Waals surface area contributed by atoms with Crippen LogP contribution in [0.2, 0.25) is 0 Å². The summed E-state index contributed by atoms with van der Waals surface area (Å²) in [7, 11) is 2.09. The molecule has 1 aliphatic rings. The maximum absolute atomic E-state index is 12.4. The van der Waals surface area contributed by atoms with Gasteiger partial charge < -0.3 is 4.57 Å². The van der Waals surface area contributed by atoms with Gasteiger partial charge in [-0.3, -0.25) is 14.1 Å². The molecule has 0 aliphatic carbocycles. The van der Waals surface area contributed by atoms with Crippen molar-refractivity contribution >= 4 is 5.65 Å². The van der Waals surface area contributed by atoms with Gasteiger partial charge in [-0.1, -0.05) is 6.07 Å². The second-order valence-corrected chi connectivity index (χ2v) is 6.69. The maximum Gasteiger partial charge on any atom is 0.258 e. The van der Waals surface area contributed by atoms with Crippen molar-refractivity contribution in [2.24, 2.45) is 7.05 Å². The molecule has 5 nitrogen and oxygen atoms in total. The minimum atomic E-state index is -0.00619. The Balaban J connectivity index is 1.65. The highest BCUT2D eigenvalue weighted by Gasteiger charge is 2.27. The average Bonchev–Trinajstić information content (AvgIpc) is 3.16. The summed E-state index contributed by atoms with van der Waals surface area (Å²) in [5, 5.41) is 0. The van der Waals surface area contributed by atoms with Crippen LogP contribution in [-0.4, -0.2) is 25.4 Å². The first kappa shape index (κ1) is 15.1. The number of rotatable bonds is 3. The molecule has 0 spiro atoms. The van der Waals surface area contributed by atoms with Crippen LogP contribution in [-0.2, 0) is 13.6 Å². The zero-order chi connectivity index (χ0) is 16.7. The molecular weight excluding hydrogens is 300 g/mol. The Bertz CT molecular complexity index is 940. The topological polar surface area (TPSA) is 42.5 Å². The summed E-state index contributed by atoms with van der Waals surface area (Å²) >= 11 is 0. The molecule has 3 aromatic rings. The lowest BCUT2D eigenvalue weighted by Crippen LogP contribution is -2.26. The van der Waals surface area contributed by atoms with Gasteiger partial charge >= 0.3 is 0 Å². The summed E-state index contributed by atoms with van der Waals surface area (Å²) in [6.07, 6.45) is 6.27. The molecule has 1 fully saturated rings. The van der Waals surface area contributed by atoms with Gasteiger partial charge in [-0.25, -0.2) is 4.98 Å². The standard InChI is InChI=1S/C19H22N4O/c1-14-7-8-18-20-15(11-19(24)23(18)12-14)13-22-10-4-6-17(22)16-5-3-9-21(16)2/h3,5,7-9,11-12,17H,4,6,10,13H2,1-2H3. The number of fused-ring (bicyclic) bond motifs is 1. The molecule has 0 radical (unpaired) electrons. The SMILES string of the molecule is Cc1ccc2nc(CN3CCCC3c3cccn3C)cc(=O)n2c1. The van der Waals surface area contributed by atoms with E-state index in [4.69, 9.17) is 4.98 Å². The molecule has 0 aromatic carbocycles. The van der Waals surface area contributed by atoms with Gasteiger partial charge in [0.15, 0.2) is 0 Å². The summed E-state index contributed by atoms with van der Waals surface area (Å²) in [6, 6.07) is 10.3. The first-order chi connectivity index (χ1) is 11.6. The van der Waals surface area contributed by atoms with Crippen LogP contribution >= 0.6 is 0 Å². The van der Waals surface area contributed by atoms with E-state index >= 15 is 0 Å². The number of nitrogens with zero attached hydrogens (tertiary/aromatic N) is 4. The van der Waals surface area contributed by atoms with Crippen molar-refractivity contribution in [1.29, 1.82) is 0 Å². The quantitative estimate of drug-likeness (QED) is 0.744. The second kappa shape index (κ2) is 5.91. The second-order valence-electron chi connectivity index (χ2n) is 6.69. The molecule has 24 heavy (non-hydrogen) atoms. The smallest absolute Gasteiger partial charge is 0.258 e. The predicted molar refractivity (Wildman–Crippen MR) is 94.0 cm³/mol. The van der Waals surface area contributed by atoms with E-state index in [1.807, 2.05) is 25.3 Å². The van der Waals surface area contributed by atoms with Crippen molar-refractivity contribution in [3.63, 3.8) is 0 Å². The molecule has 0 bridgehead atoms. The normalized spacial score (nSPS) is 18.5. The fraction of sp³-hybridized carbons (Fsp3) is 0.368. The minimum absolute atomic E-state index is 0.00619. The number of hydrogen-bond acceptors (Lipinski definition) is 3. The Kier molecular flexibility index (Phi) is 3.73. The van der Waals surface area contributed by atoms with E-state index in [1.54, 1.807) is 10.5 Å². The van der Waals surface area contributed by atoms with E-state index in [9.17, 15) is 4.79 Å². The van der Waals surface area contributed by atoms with E-state index in [0.717, 1.165) is 36.4 Å². The van der Waals surface area contributed by atoms with E-state index in [0.29, 0.717) is 6.04 Å². The molecule has 0 amide bonds. The van der Waals surface area contributed by atoms with Crippen molar-refractivity contribution in [1.82, 2.24) is 18.9 Å². The number of pyridine rings is 1. The lowest BCUT2D eigenvalue weighted by atomic mass is 10.1. The Labute approximate surface area is 141 Å². The Morgan fingerprint density at radius 2 is 2.17 bits per heavy atom. The monoisotopic (exact) mass is 322 g/mol. The zero-order valence-electron chi connectivity index (χ0n) is 14.1. The van der Waals surface area contributed by atoms with Crippen LogP contribution in [0.1, 0.15) is 35.8 Å². The summed E-state index contributed by atoms with van der Waals surface area (Å²) in [5.74, 6) is 0. The van der Waals surface area contributed by atoms with E-state index in [-0.39, 0.29) is 5.56 Å². The highest BCUT2D eigenvalue weighted by molar-refractivity contribution is 5.40. The van der Waals surface area contributed by atoms with E-state index in [2.05, 4.69) is 34.8 Å². The molecule has 4 rings (SSSR count). The van der Waals surface area contributed by atoms with Crippen molar-refractivity contribution in [2.45, 2.75) is 32.4 Å². The molecule has 0 N–H and O–H groups in total. The fourth-order valence-electron chi connectivity index (χ4n) is 3.72. The van der Waals surface area contributed by atoms with Gasteiger partial charge in [0.1, 0.15) is 5.65 Å². The van der Waals surface area contributed by atoms with Crippen LogP contribution < -0.4 is 5.56 Å². The average molecular weight is 322 g/mol. The van der Waals surface area contributed by atoms with Crippen molar-refractivity contribution in [3.05, 3.63) is 70.0 Å². The maximum atomic E-state index is 12.4. The van der Waals surface area contributed by atoms with Gasteiger partial charge in [0, 0.05) is 37.7 Å². The summed E-state index contributed by atoms with van der Waals surface area (Å²) in [4.78, 5) is 19.5. The van der Waals surface area contributed by atoms with Gasteiger partial charge in [0.2, 0.25) is 0 Å². The Hall–Kier alpha value is -2.40. The van der Waals surface area contributed by atoms with Gasteiger partial charge in [0.25, 0.3) is 5.56 Å². The molecule has 3 aromatic heterocycles. The van der Waals surface area contributed by atoms with Crippen LogP contribution in [0.5, 0.6) is 0 Å². The lowest BCUT2D eigenvalue weighted by molar-refractivity contribution is 0.238. The molecule has 1 atom stereocenters. The Morgan fingerprint density at radius 3 is 2.96 bits per heavy atom. The molecule has 1 unspecified atom stereocenters. The van der Waals surface area contributed by atoms with Crippen LogP contribution in [0.3, 0.4) is 0 Å². The van der Waals surface area contributed by atoms with Crippen molar-refractivity contribution < 1.29 is 0 Å². The minimum Gasteiger partial charge on any atom is -0.353 e. The Morgan fingerprint density at radius 1 is 1.29 bits per heavy atom. The van der Waals surface area contributed by atoms with Crippen LogP contribution in [0.25, 0.3) is 5.65 Å². The first-order valence-corrected chi connectivity index (χ1v) is 8.46. The van der Waals surface area contributed by atoms with Crippen molar-refractivity contribution in [2.75, 3.05) is 6.54 Å². The van der Waals surface area contributed by atoms with Gasteiger partial charge in [-0.2, -0.15) is 0 Å². The van der Waals surface area contributed by atoms with Gasteiger partial charge in [0.05, 0.1) is 11.7 Å². The summed E-state index contributed by atoms with van der Waals surface area (Å²) in [5.41, 5.74) is 3.96. The first-order valence-electron chi connectivity index (χ1n) is 8.46. The van der Waals surface area contributed by atoms with Gasteiger partial charge in [-0.05, 0) is 50.1 Å². The predicted octanol–water partition coefficient (Wildman–Crippen LogP) is 2.68. The molecule has 1 aliphatic heterocycles. The van der Waals surface area contributed by atoms with Crippen LogP contribution in [0, 0.1) is 6.92 Å². The summed E-state index contributed by atoms with van der Waals surface area (Å²) in [6.45, 7) is 3.74. The number of aromatic nitrogens is 3. The number of likely N-dealkylation sites (tertiary alicyclic amines) is 1. The van der Waals surface area contributed by atoms with Crippen LogP contribution in [0.4, 0.5) is 0 Å². The lowest BCUT2D eigenvalue weighted by Gasteiger charge is -2.24. The fourth-order valence-corrected chi connectivity index (χ4v) is 3.72. The van der Waals surface area contributed by atoms with E-state index < -0.39 is 0 Å². The van der Waals surface area contributed by atoms with Crippen molar-refractivity contribution in [3.8, 4) is 0 Å². The third kappa shape index (κ3) is 2.65. The third-order valence-electron chi connectivity index (χ3n) is 4.91. The molecule has 1 saturated heterocycles. The largest absolute Gasteiger partial charge is 0.353 e. The number of aryl methyl sites for hydroxylation is 2. The summed E-state index contributed by atoms with van der Waals surface area (Å²) < 4.78 is 3.81. The third-order valence-corrected chi connectivity index (χ3v) is 4.91.